The van der Waals surface area contributed by atoms with Gasteiger partial charge in [-0.1, -0.05) is 328 Å². The van der Waals surface area contributed by atoms with Gasteiger partial charge < -0.3 is 77.0 Å². The molecule has 7 fully saturated rings. The summed E-state index contributed by atoms with van der Waals surface area (Å²) >= 11 is 9.53. The van der Waals surface area contributed by atoms with E-state index in [4.69, 9.17) is 42.5 Å². The van der Waals surface area contributed by atoms with Crippen LogP contribution in [0.15, 0.2) is 279 Å². The third-order valence-electron chi connectivity index (χ3n) is 26.7. The van der Waals surface area contributed by atoms with Crippen LogP contribution in [0.5, 0.6) is 0 Å². The Labute approximate surface area is 891 Å². The molecule has 0 saturated heterocycles. The first-order chi connectivity index (χ1) is 67.3. The maximum atomic E-state index is 12.0. The first kappa shape index (κ1) is 128. The second kappa shape index (κ2) is 78.7. The smallest absolute Gasteiger partial charge is 1.00 e. The predicted octanol–water partition coefficient (Wildman–Crippen LogP) is 22.4. The summed E-state index contributed by atoms with van der Waals surface area (Å²) in [6, 6.07) is 95.3. The van der Waals surface area contributed by atoms with Crippen LogP contribution in [0.4, 0.5) is 0 Å². The van der Waals surface area contributed by atoms with Crippen molar-refractivity contribution in [2.75, 3.05) is 60.5 Å². The number of aliphatic hydroxyl groups excluding tert-OH is 1. The van der Waals surface area contributed by atoms with Crippen LogP contribution in [-0.4, -0.2) is 136 Å². The van der Waals surface area contributed by atoms with E-state index in [1.54, 1.807) is 13.2 Å². The molecule has 23 heteroatoms. The monoisotopic (exact) mass is 2140 g/mol. The number of esters is 3. The summed E-state index contributed by atoms with van der Waals surface area (Å²) in [5.41, 5.74) is 6.74. The van der Waals surface area contributed by atoms with E-state index >= 15 is 0 Å². The van der Waals surface area contributed by atoms with E-state index < -0.39 is 26.8 Å². The van der Waals surface area contributed by atoms with Crippen molar-refractivity contribution in [1.29, 1.82) is 0 Å². The molecule has 7 saturated carbocycles. The number of allylic oxidation sites excluding steroid dienone is 1. The molecule has 3 unspecified atom stereocenters. The summed E-state index contributed by atoms with van der Waals surface area (Å²) in [6.07, 6.45) is 46.2. The zero-order chi connectivity index (χ0) is 99.3. The van der Waals surface area contributed by atoms with Gasteiger partial charge >= 0.3 is 54.5 Å². The second-order valence-corrected chi connectivity index (χ2v) is 42.6. The molecule has 0 heterocycles. The molecule has 0 aliphatic heterocycles. The number of carboxylic acid groups (broad SMARTS) is 1. The molecule has 2 N–H and O–H groups in total. The van der Waals surface area contributed by atoms with Gasteiger partial charge in [0.25, 0.3) is 0 Å². The number of aliphatic carboxylic acids is 1. The van der Waals surface area contributed by atoms with E-state index in [-0.39, 0.29) is 98.9 Å². The molecule has 9 aromatic rings. The van der Waals surface area contributed by atoms with Gasteiger partial charge in [0.2, 0.25) is 0 Å². The number of benzene rings is 9. The maximum absolute atomic E-state index is 12.0. The molecule has 7 aliphatic carbocycles. The Morgan fingerprint density at radius 1 is 0.411 bits per heavy atom. The molecular weight excluding hydrogens is 1990 g/mol. The van der Waals surface area contributed by atoms with Gasteiger partial charge in [0.1, 0.15) is 41.4 Å². The van der Waals surface area contributed by atoms with Crippen molar-refractivity contribution in [3.63, 3.8) is 0 Å². The van der Waals surface area contributed by atoms with Crippen molar-refractivity contribution in [1.82, 2.24) is 0 Å². The molecular formula is C118H156Br2Cl2MgO16P2. The number of hydrogen-bond donors (Lipinski definition) is 2. The summed E-state index contributed by atoms with van der Waals surface area (Å²) in [5, 5.41) is 23.5. The van der Waals surface area contributed by atoms with Crippen LogP contribution in [0, 0.1) is 41.6 Å². The van der Waals surface area contributed by atoms with Gasteiger partial charge in [-0.2, -0.15) is 36.4 Å². The number of ether oxygens (including phenoxy) is 4. The molecule has 0 aromatic heterocycles. The van der Waals surface area contributed by atoms with E-state index in [9.17, 15) is 43.2 Å². The van der Waals surface area contributed by atoms with Gasteiger partial charge in [-0.25, -0.2) is 4.79 Å². The number of carboxylic acids is 1. The summed E-state index contributed by atoms with van der Waals surface area (Å²) < 4.78 is 39.8. The van der Waals surface area contributed by atoms with E-state index in [1.807, 2.05) is 133 Å². The summed E-state index contributed by atoms with van der Waals surface area (Å²) in [5.74, 6) is 2.61. The van der Waals surface area contributed by atoms with Gasteiger partial charge in [0, 0.05) is 57.6 Å². The van der Waals surface area contributed by atoms with Gasteiger partial charge in [-0.15, -0.1) is 23.2 Å². The van der Waals surface area contributed by atoms with Crippen molar-refractivity contribution in [3.05, 3.63) is 313 Å². The molecule has 0 spiro atoms. The number of hydrogen-bond acceptors (Lipinski definition) is 15. The first-order valence-electron chi connectivity index (χ1n) is 50.2. The minimum absolute atomic E-state index is 0. The molecule has 764 valence electrons. The molecule has 0 bridgehead atoms. The molecule has 16 nitrogen and oxygen atoms in total. The Morgan fingerprint density at radius 3 is 1.06 bits per heavy atom. The fourth-order valence-electron chi connectivity index (χ4n) is 19.2. The Balaban J connectivity index is 0.000000408. The summed E-state index contributed by atoms with van der Waals surface area (Å²) in [6.45, 7) is 0. The number of alkyl halides is 2. The van der Waals surface area contributed by atoms with Crippen molar-refractivity contribution in [2.45, 2.75) is 256 Å². The molecule has 141 heavy (non-hydrogen) atoms. The van der Waals surface area contributed by atoms with Crippen molar-refractivity contribution >= 4 is 124 Å². The van der Waals surface area contributed by atoms with E-state index in [0.29, 0.717) is 65.8 Å². The molecule has 7 aliphatic rings. The van der Waals surface area contributed by atoms with Crippen LogP contribution in [-0.2, 0) is 61.3 Å². The molecule has 0 amide bonds. The van der Waals surface area contributed by atoms with E-state index in [0.717, 1.165) is 79.9 Å². The van der Waals surface area contributed by atoms with Crippen LogP contribution in [0.3, 0.4) is 0 Å². The minimum Gasteiger partial charge on any atom is -1.00 e. The number of rotatable bonds is 25. The topological polar surface area (TPSA) is 232 Å². The van der Waals surface area contributed by atoms with Gasteiger partial charge in [0.15, 0.2) is 12.1 Å². The number of Topliss-reactive ketones (excluding diaryl/α,β-unsaturated/α-hetero) is 2. The maximum Gasteiger partial charge on any atom is 2.00 e. The predicted molar refractivity (Wildman–Crippen MR) is 573 cm³/mol. The summed E-state index contributed by atoms with van der Waals surface area (Å²) in [4.78, 5) is 77.4. The fraction of sp³-hybridized carbons (Fsp3) is 0.466. The van der Waals surface area contributed by atoms with Crippen LogP contribution < -0.4 is 49.9 Å². The number of carbonyl (C=O) groups excluding carboxylic acids is 6. The normalized spacial score (nSPS) is 16.2. The third kappa shape index (κ3) is 50.4. The SMILES string of the molecule is COC(=O)C=C(c1ccccc1)C1CCCCC1.COC(=O)CC(c1ccccc1)C1CCCCC1.COC(=O)CP(=O)(OC)OC.COC[P+](c1ccccc1)(c1ccccc1)c1ccccc1.ClCCl.O=C(O)CC(c1ccccc1)C1CCCCC1.O=C(c1ccccc1)C1CCCCC1.O=C1CCCCC1.O=CC1CCCCC1.OC(c1ccccc1)C1CCCCC1.[Br-].[Br-].[Mg+2].[c-]1ccccc1. The average molecular weight is 2150 g/mol. The van der Waals surface area contributed by atoms with Crippen molar-refractivity contribution in [2.24, 2.45) is 35.5 Å². The Bertz CT molecular complexity index is 4620. The van der Waals surface area contributed by atoms with E-state index in [2.05, 4.69) is 159 Å². The molecule has 16 rings (SSSR count). The first-order valence-corrected chi connectivity index (χ1v) is 55.0. The van der Waals surface area contributed by atoms with Crippen LogP contribution in [0.25, 0.3) is 5.57 Å². The van der Waals surface area contributed by atoms with Crippen molar-refractivity contribution in [3.8, 4) is 0 Å². The number of methoxy groups -OCH3 is 4. The number of aliphatic hydroxyl groups is 1. The van der Waals surface area contributed by atoms with Gasteiger partial charge in [0.05, 0.1) is 45.6 Å². The fourth-order valence-corrected chi connectivity index (χ4v) is 23.8. The van der Waals surface area contributed by atoms with Gasteiger partial charge in [-0.05, 0) is 190 Å². The van der Waals surface area contributed by atoms with E-state index in [1.165, 1.54) is 236 Å². The standard InChI is InChI=1S/C20H20OP.C16H22O2.C16H20O2.C15H20O2.C13H18O.C13H16O.C7H12O.C6H10O.C6H5.C5H11O5P.CH2Cl2.2BrH.Mg/c1-21-17-22(18-11-5-2-6-12-18,19-13-7-3-8-14-19)20-15-9-4-10-16-20;2*1-18-16(17)12-15(13-8-4-2-5-9-13)14-10-6-3-7-11-14;16-15(17)11-14(12-7-3-1-4-8-12)13-9-5-2-6-10-13;2*14-13(11-7-3-1-4-8-11)12-9-5-2-6-10-12;8-6-7-4-2-1-3-5-7;7-6-4-2-1-3-5-6;1-2-4-6-5-3-1;1-8-5(6)4-11(7,9-2)10-3;2-1-3;;;/h2-16H,17H2,1H3;2,4-5,8-9,14-15H,3,6-7,10-12H2,1H3;2,4-5,8-9,12,14H,3,6-7,10-11H2,1H3;1,3-4,7-8,13-14H,2,5-6,9-11H2,(H,16,17);1,3-4,7-8,12-14H,2,5-6,9-10H2;1,3-4,7-8,12H,2,5-6,9-10H2;6-7H,1-5H2;1-5H2;1-5H;4H2,1-3H3;1H2;2*1H;/q+1;;;;;;;;-1;;;;;+2/p-2. The quantitative estimate of drug-likeness (QED) is 0.00623. The molecule has 0 radical (unpaired) electrons. The van der Waals surface area contributed by atoms with Gasteiger partial charge in [-0.3, -0.25) is 28.5 Å². The van der Waals surface area contributed by atoms with Crippen LogP contribution in [0.2, 0.25) is 0 Å². The number of aldehydes is 1. The second-order valence-electron chi connectivity index (χ2n) is 36.1. The number of carbonyl (C=O) groups is 7. The summed E-state index contributed by atoms with van der Waals surface area (Å²) in [7, 11) is 3.34. The Morgan fingerprint density at radius 2 is 0.738 bits per heavy atom. The number of ketones is 2. The Hall–Kier alpha value is -7.58. The molecule has 3 atom stereocenters. The largest absolute Gasteiger partial charge is 2.00 e. The van der Waals surface area contributed by atoms with Crippen molar-refractivity contribution < 1.29 is 110 Å². The Kier molecular flexibility index (Phi) is 71.2. The van der Waals surface area contributed by atoms with Crippen LogP contribution >= 0.6 is 38.1 Å². The number of halogens is 4. The minimum atomic E-state index is -3.23. The zero-order valence-electron chi connectivity index (χ0n) is 84.3. The molecule has 9 aromatic carbocycles. The van der Waals surface area contributed by atoms with Crippen LogP contribution in [0.1, 0.15) is 288 Å². The zero-order valence-corrected chi connectivity index (χ0v) is 92.2. The average Bonchev–Trinajstić information content (AvgIpc) is 0.756. The third-order valence-corrected chi connectivity index (χ3v) is 32.6.